The van der Waals surface area contributed by atoms with E-state index in [0.717, 1.165) is 82.3 Å². The van der Waals surface area contributed by atoms with Crippen LogP contribution in [0, 0.1) is 35.5 Å². The maximum atomic E-state index is 11.8. The zero-order chi connectivity index (χ0) is 74.1. The molecule has 0 radical (unpaired) electrons. The molecule has 4 aromatic heterocycles. The van der Waals surface area contributed by atoms with E-state index in [1.165, 1.54) is 132 Å². The molecule has 1 aromatic carbocycles. The number of carbonyl (C=O) groups is 1. The molecule has 1 amide bonds. The molecule has 6 fully saturated rings. The van der Waals surface area contributed by atoms with E-state index in [1.807, 2.05) is 72.6 Å². The van der Waals surface area contributed by atoms with Gasteiger partial charge in [0.1, 0.15) is 0 Å². The number of hydrogen-bond acceptors (Lipinski definition) is 18. The molecule has 5 N–H and O–H groups in total. The highest BCUT2D eigenvalue weighted by Gasteiger charge is 2.34. The van der Waals surface area contributed by atoms with Crippen LogP contribution in [0.3, 0.4) is 0 Å². The van der Waals surface area contributed by atoms with E-state index in [4.69, 9.17) is 5.11 Å². The molecular weight excluding hydrogens is 1470 g/mol. The fraction of sp³-hybridized carbons (Fsp3) is 0.703. The van der Waals surface area contributed by atoms with Gasteiger partial charge in [0, 0.05) is 60.2 Å². The minimum atomic E-state index is 0. The van der Waals surface area contributed by atoms with Gasteiger partial charge in [0.2, 0.25) is 5.91 Å². The number of thioether (sulfide) groups is 6. The molecule has 13 nitrogen and oxygen atoms in total. The SMILES string of the molecule is C.C.C.C.C.C.C.CC(C)SC(c1ccccc1)C1CCNCC1.CC(C)SC(c1ccccn1)C1CCN(C(C)C)CC1.CC(C)SC(c1ccccn1)C1CCN(C)CC1.CNC(=O)C(SC(C)C)C1CCNCC1.CSC(c1ccccn1)C1CCN(CCO)CC1.CSC(c1ccccn1)C1CCNCC1. The molecule has 110 heavy (non-hydrogen) atoms. The molecule has 5 aromatic rings. The van der Waals surface area contributed by atoms with Crippen LogP contribution in [0.5, 0.6) is 0 Å². The summed E-state index contributed by atoms with van der Waals surface area (Å²) in [6.45, 7) is 37.7. The Morgan fingerprint density at radius 2 is 0.727 bits per heavy atom. The fourth-order valence-corrected chi connectivity index (χ4v) is 22.6. The van der Waals surface area contributed by atoms with Gasteiger partial charge < -0.3 is 41.1 Å². The molecule has 6 unspecified atom stereocenters. The second-order valence-electron chi connectivity index (χ2n) is 30.1. The van der Waals surface area contributed by atoms with Gasteiger partial charge in [-0.3, -0.25) is 24.7 Å². The normalized spacial score (nSPS) is 18.7. The Bertz CT molecular complexity index is 2880. The third-order valence-corrected chi connectivity index (χ3v) is 28.7. The van der Waals surface area contributed by atoms with Crippen molar-refractivity contribution in [2.75, 3.05) is 118 Å². The lowest BCUT2D eigenvalue weighted by atomic mass is 9.90. The van der Waals surface area contributed by atoms with Gasteiger partial charge in [0.15, 0.2) is 0 Å². The van der Waals surface area contributed by atoms with Crippen molar-refractivity contribution in [1.82, 2.24) is 55.9 Å². The number of aliphatic hydroxyl groups is 1. The van der Waals surface area contributed by atoms with Crippen LogP contribution in [0.15, 0.2) is 128 Å². The number of benzene rings is 1. The number of rotatable bonds is 25. The Labute approximate surface area is 703 Å². The lowest BCUT2D eigenvalue weighted by Gasteiger charge is -2.38. The van der Waals surface area contributed by atoms with Crippen LogP contribution in [0.1, 0.15) is 253 Å². The fourth-order valence-electron chi connectivity index (χ4n) is 15.1. The monoisotopic (exact) mass is 1640 g/mol. The Kier molecular flexibility index (Phi) is 62.8. The van der Waals surface area contributed by atoms with Crippen LogP contribution >= 0.6 is 70.6 Å². The highest BCUT2D eigenvalue weighted by atomic mass is 32.2. The summed E-state index contributed by atoms with van der Waals surface area (Å²) in [4.78, 5) is 37.4. The van der Waals surface area contributed by atoms with Gasteiger partial charge in [0.25, 0.3) is 0 Å². The van der Waals surface area contributed by atoms with Crippen LogP contribution in [0.25, 0.3) is 0 Å². The molecule has 632 valence electrons. The number of pyridine rings is 4. The van der Waals surface area contributed by atoms with E-state index in [9.17, 15) is 4.79 Å². The predicted molar refractivity (Wildman–Crippen MR) is 503 cm³/mol. The van der Waals surface area contributed by atoms with Crippen molar-refractivity contribution in [2.24, 2.45) is 35.5 Å². The van der Waals surface area contributed by atoms with Crippen molar-refractivity contribution in [3.63, 3.8) is 0 Å². The summed E-state index contributed by atoms with van der Waals surface area (Å²) < 4.78 is 0. The number of amides is 1. The number of piperidine rings is 6. The van der Waals surface area contributed by atoms with E-state index in [1.54, 1.807) is 18.8 Å². The van der Waals surface area contributed by atoms with E-state index in [0.29, 0.717) is 65.1 Å². The molecule has 0 aliphatic carbocycles. The zero-order valence-electron chi connectivity index (χ0n) is 65.8. The number of aromatic nitrogens is 4. The molecule has 6 saturated heterocycles. The number of nitrogens with one attached hydrogen (secondary N) is 4. The first-order valence-corrected chi connectivity index (χ1v) is 45.7. The van der Waals surface area contributed by atoms with Gasteiger partial charge in [-0.15, -0.1) is 35.3 Å². The smallest absolute Gasteiger partial charge is 0.233 e. The van der Waals surface area contributed by atoms with Crippen LogP contribution in [0.2, 0.25) is 0 Å². The molecule has 19 heteroatoms. The summed E-state index contributed by atoms with van der Waals surface area (Å²) in [6, 6.07) is 36.8. The predicted octanol–water partition coefficient (Wildman–Crippen LogP) is 22.2. The minimum absolute atomic E-state index is 0. The lowest BCUT2D eigenvalue weighted by Crippen LogP contribution is -2.41. The topological polar surface area (TPSA) is 147 Å². The minimum Gasteiger partial charge on any atom is -0.395 e. The van der Waals surface area contributed by atoms with Crippen molar-refractivity contribution >= 4 is 76.5 Å². The molecule has 6 atom stereocenters. The second-order valence-corrected chi connectivity index (χ2v) is 38.9. The molecular formula is C91H165N11O2S6. The highest BCUT2D eigenvalue weighted by Crippen LogP contribution is 2.46. The molecule has 0 saturated carbocycles. The quantitative estimate of drug-likeness (QED) is 0.0377. The summed E-state index contributed by atoms with van der Waals surface area (Å²) in [5, 5.41) is 27.5. The third-order valence-electron chi connectivity index (χ3n) is 20.6. The third kappa shape index (κ3) is 40.3. The summed E-state index contributed by atoms with van der Waals surface area (Å²) in [5.41, 5.74) is 6.51. The maximum absolute atomic E-state index is 11.8. The van der Waals surface area contributed by atoms with Gasteiger partial charge >= 0.3 is 0 Å². The molecule has 6 aliphatic rings. The van der Waals surface area contributed by atoms with Crippen LogP contribution in [-0.2, 0) is 4.79 Å². The number of β-amino-alcohol motifs (C(OH)–C–C–N with tert-alkyl or cyclic N) is 1. The molecule has 11 rings (SSSR count). The van der Waals surface area contributed by atoms with E-state index >= 15 is 0 Å². The second kappa shape index (κ2) is 63.3. The molecule has 6 aliphatic heterocycles. The average Bonchev–Trinajstić information content (AvgIpc) is 0.923. The Hall–Kier alpha value is -2.89. The maximum Gasteiger partial charge on any atom is 0.233 e. The van der Waals surface area contributed by atoms with Crippen molar-refractivity contribution in [1.29, 1.82) is 0 Å². The number of aliphatic hydroxyl groups excluding tert-OH is 1. The summed E-state index contributed by atoms with van der Waals surface area (Å²) in [5.74, 6) is 4.63. The first-order chi connectivity index (χ1) is 49.9. The van der Waals surface area contributed by atoms with Crippen molar-refractivity contribution in [2.45, 2.75) is 257 Å². The molecule has 10 heterocycles. The number of nitrogens with zero attached hydrogens (tertiary/aromatic N) is 7. The Balaban J connectivity index is 0. The van der Waals surface area contributed by atoms with Crippen LogP contribution < -0.4 is 21.3 Å². The largest absolute Gasteiger partial charge is 0.395 e. The number of hydrogen-bond donors (Lipinski definition) is 5. The van der Waals surface area contributed by atoms with E-state index < -0.39 is 0 Å². The molecule has 0 bridgehead atoms. The van der Waals surface area contributed by atoms with Gasteiger partial charge in [-0.25, -0.2) is 0 Å². The van der Waals surface area contributed by atoms with Gasteiger partial charge in [-0.1, -0.05) is 162 Å². The standard InChI is InChI=1S/C17H28N2S.C15H24N2S.C15H23NS.C14H22N2OS.C12H18N2S.C11H22N2OS.7CH4/c1-13(2)19-11-8-15(9-12-19)17(20-14(3)4)16-7-5-6-10-18-16;1-12(2)18-15(14-6-4-5-9-16-14)13-7-10-17(3)11-8-13;1-12(2)17-15(13-6-4-3-5-7-13)14-8-10-16-11-9-14;1-18-14(13-4-2-3-7-15-13)12-5-8-16(9-6-12)10-11-17;1-15-12(10-5-8-13-9-6-10)11-4-2-3-7-14-11;1-8(2)15-10(11(14)12-3)9-4-6-13-7-5-9;;;;;;;/h5-7,10,13-15,17H,8-9,11-12H2,1-4H3;4-6,9,12-13,15H,7-8,10-11H2,1-3H3;3-7,12,14-16H,8-11H2,1-2H3;2-4,7,12,14,17H,5-6,8-11H2,1H3;2-4,7,10,12-13H,5-6,8-9H2,1H3;8-10,13H,4-7H2,1-3H3,(H,12,14);7*1H4. The zero-order valence-corrected chi connectivity index (χ0v) is 70.7. The van der Waals surface area contributed by atoms with Gasteiger partial charge in [0.05, 0.1) is 45.1 Å². The first-order valence-electron chi connectivity index (χ1n) is 39.4. The van der Waals surface area contributed by atoms with Gasteiger partial charge in [-0.2, -0.15) is 35.3 Å². The lowest BCUT2D eigenvalue weighted by molar-refractivity contribution is -0.121. The Morgan fingerprint density at radius 1 is 0.418 bits per heavy atom. The average molecular weight is 1640 g/mol. The van der Waals surface area contributed by atoms with Crippen LogP contribution in [-0.4, -0.2) is 196 Å². The highest BCUT2D eigenvalue weighted by molar-refractivity contribution is 8.01. The first kappa shape index (κ1) is 109. The van der Waals surface area contributed by atoms with Gasteiger partial charge in [-0.05, 0) is 300 Å². The van der Waals surface area contributed by atoms with E-state index in [-0.39, 0.29) is 69.8 Å². The summed E-state index contributed by atoms with van der Waals surface area (Å²) >= 11 is 12.0. The van der Waals surface area contributed by atoms with Crippen molar-refractivity contribution in [3.8, 4) is 0 Å². The van der Waals surface area contributed by atoms with E-state index in [2.05, 4.69) is 259 Å². The summed E-state index contributed by atoms with van der Waals surface area (Å²) in [7, 11) is 3.96. The van der Waals surface area contributed by atoms with Crippen LogP contribution in [0.4, 0.5) is 0 Å². The Morgan fingerprint density at radius 3 is 1.05 bits per heavy atom. The number of carbonyl (C=O) groups excluding carboxylic acids is 1. The number of likely N-dealkylation sites (tertiary alicyclic amines) is 3. The summed E-state index contributed by atoms with van der Waals surface area (Å²) in [6.07, 6.45) is 27.1. The van der Waals surface area contributed by atoms with Crippen molar-refractivity contribution < 1.29 is 9.90 Å². The molecule has 0 spiro atoms. The van der Waals surface area contributed by atoms with Crippen molar-refractivity contribution in [3.05, 3.63) is 156 Å².